The SMILES string of the molecule is O=C(NCC1(NC(=O)c2cccc(-n3ccnc3)n2)CC=C2CC2C1)c1ccccn1. The van der Waals surface area contributed by atoms with E-state index in [0.717, 1.165) is 12.8 Å². The molecule has 0 spiro atoms. The zero-order chi connectivity index (χ0) is 21.3. The molecule has 2 atom stereocenters. The Bertz CT molecular complexity index is 1140. The Morgan fingerprint density at radius 2 is 2.00 bits per heavy atom. The average molecular weight is 414 g/mol. The van der Waals surface area contributed by atoms with E-state index in [0.29, 0.717) is 36.1 Å². The number of allylic oxidation sites excluding steroid dienone is 1. The summed E-state index contributed by atoms with van der Waals surface area (Å²) < 4.78 is 1.75. The number of aromatic nitrogens is 4. The van der Waals surface area contributed by atoms with Gasteiger partial charge in [-0.05, 0) is 49.4 Å². The summed E-state index contributed by atoms with van der Waals surface area (Å²) in [6.45, 7) is 0.329. The maximum absolute atomic E-state index is 13.1. The number of nitrogens with one attached hydrogen (secondary N) is 2. The first-order chi connectivity index (χ1) is 15.1. The van der Waals surface area contributed by atoms with Crippen LogP contribution < -0.4 is 10.6 Å². The number of nitrogens with zero attached hydrogens (tertiary/aromatic N) is 4. The van der Waals surface area contributed by atoms with E-state index in [1.165, 1.54) is 5.57 Å². The third kappa shape index (κ3) is 4.09. The highest BCUT2D eigenvalue weighted by molar-refractivity contribution is 5.94. The molecular weight excluding hydrogens is 392 g/mol. The molecule has 156 valence electrons. The molecule has 8 nitrogen and oxygen atoms in total. The second-order valence-corrected chi connectivity index (χ2v) is 8.07. The molecule has 0 bridgehead atoms. The second-order valence-electron chi connectivity index (χ2n) is 8.07. The van der Waals surface area contributed by atoms with Crippen molar-refractivity contribution in [3.05, 3.63) is 84.4 Å². The Morgan fingerprint density at radius 3 is 2.77 bits per heavy atom. The van der Waals surface area contributed by atoms with E-state index in [2.05, 4.69) is 31.7 Å². The van der Waals surface area contributed by atoms with Gasteiger partial charge in [0.25, 0.3) is 11.8 Å². The standard InChI is InChI=1S/C23H22N6O2/c30-21(18-4-1-2-9-25-18)26-14-23(8-7-16-12-17(16)13-23)28-22(31)19-5-3-6-20(27-19)29-11-10-24-15-29/h1-7,9-11,15,17H,8,12-14H2,(H,26,30)(H,28,31). The molecular formula is C23H22N6O2. The van der Waals surface area contributed by atoms with Crippen molar-refractivity contribution in [2.24, 2.45) is 5.92 Å². The van der Waals surface area contributed by atoms with Gasteiger partial charge in [0.1, 0.15) is 23.5 Å². The molecule has 0 aromatic carbocycles. The van der Waals surface area contributed by atoms with Gasteiger partial charge in [0.15, 0.2) is 0 Å². The minimum atomic E-state index is -0.557. The van der Waals surface area contributed by atoms with Crippen LogP contribution in [0, 0.1) is 5.92 Å². The van der Waals surface area contributed by atoms with E-state index in [4.69, 9.17) is 0 Å². The largest absolute Gasteiger partial charge is 0.348 e. The van der Waals surface area contributed by atoms with Crippen LogP contribution in [0.2, 0.25) is 0 Å². The van der Waals surface area contributed by atoms with E-state index >= 15 is 0 Å². The van der Waals surface area contributed by atoms with Crippen molar-refractivity contribution in [2.75, 3.05) is 6.54 Å². The van der Waals surface area contributed by atoms with Crippen LogP contribution in [0.1, 0.15) is 40.2 Å². The van der Waals surface area contributed by atoms with Crippen molar-refractivity contribution in [3.8, 4) is 5.82 Å². The summed E-state index contributed by atoms with van der Waals surface area (Å²) >= 11 is 0. The minimum absolute atomic E-state index is 0.250. The summed E-state index contributed by atoms with van der Waals surface area (Å²) in [5.41, 5.74) is 1.57. The van der Waals surface area contributed by atoms with Gasteiger partial charge in [-0.3, -0.25) is 19.1 Å². The van der Waals surface area contributed by atoms with Gasteiger partial charge < -0.3 is 10.6 Å². The van der Waals surface area contributed by atoms with Crippen LogP contribution >= 0.6 is 0 Å². The molecule has 2 amide bonds. The molecule has 8 heteroatoms. The zero-order valence-corrected chi connectivity index (χ0v) is 16.9. The molecule has 2 aliphatic rings. The predicted octanol–water partition coefficient (Wildman–Crippen LogP) is 2.30. The lowest BCUT2D eigenvalue weighted by Gasteiger charge is -2.36. The zero-order valence-electron chi connectivity index (χ0n) is 16.9. The number of carbonyl (C=O) groups excluding carboxylic acids is 2. The number of carbonyl (C=O) groups is 2. The summed E-state index contributed by atoms with van der Waals surface area (Å²) in [7, 11) is 0. The van der Waals surface area contributed by atoms with Crippen molar-refractivity contribution in [2.45, 2.75) is 24.8 Å². The molecule has 2 aliphatic carbocycles. The van der Waals surface area contributed by atoms with Crippen LogP contribution in [-0.2, 0) is 0 Å². The van der Waals surface area contributed by atoms with E-state index < -0.39 is 5.54 Å². The molecule has 5 rings (SSSR count). The highest BCUT2D eigenvalue weighted by Crippen LogP contribution is 2.48. The van der Waals surface area contributed by atoms with E-state index in [-0.39, 0.29) is 11.8 Å². The van der Waals surface area contributed by atoms with Gasteiger partial charge >= 0.3 is 0 Å². The Hall–Kier alpha value is -3.81. The third-order valence-corrected chi connectivity index (χ3v) is 5.84. The summed E-state index contributed by atoms with van der Waals surface area (Å²) in [6.07, 6.45) is 11.4. The van der Waals surface area contributed by atoms with Gasteiger partial charge in [-0.2, -0.15) is 0 Å². The number of hydrogen-bond acceptors (Lipinski definition) is 5. The van der Waals surface area contributed by atoms with Crippen LogP contribution in [0.15, 0.2) is 73.0 Å². The highest BCUT2D eigenvalue weighted by Gasteiger charge is 2.44. The van der Waals surface area contributed by atoms with E-state index in [9.17, 15) is 9.59 Å². The second kappa shape index (κ2) is 7.79. The number of fused-ring (bicyclic) bond motifs is 1. The fourth-order valence-corrected chi connectivity index (χ4v) is 4.08. The summed E-state index contributed by atoms with van der Waals surface area (Å²) in [4.78, 5) is 38.3. The fraction of sp³-hybridized carbons (Fsp3) is 0.261. The smallest absolute Gasteiger partial charge is 0.270 e. The number of imidazole rings is 1. The molecule has 3 heterocycles. The van der Waals surface area contributed by atoms with Gasteiger partial charge in [0.05, 0.1) is 5.54 Å². The number of amides is 2. The van der Waals surface area contributed by atoms with Crippen LogP contribution in [0.3, 0.4) is 0 Å². The minimum Gasteiger partial charge on any atom is -0.348 e. The Kier molecular flexibility index (Phi) is 4.82. The Labute approximate surface area is 179 Å². The van der Waals surface area contributed by atoms with Crippen LogP contribution in [0.5, 0.6) is 0 Å². The van der Waals surface area contributed by atoms with Crippen molar-refractivity contribution >= 4 is 11.8 Å². The van der Waals surface area contributed by atoms with Gasteiger partial charge in [0, 0.05) is 25.1 Å². The van der Waals surface area contributed by atoms with Gasteiger partial charge in [-0.1, -0.05) is 23.8 Å². The van der Waals surface area contributed by atoms with Crippen molar-refractivity contribution in [3.63, 3.8) is 0 Å². The predicted molar refractivity (Wildman–Crippen MR) is 114 cm³/mol. The molecule has 0 radical (unpaired) electrons. The Morgan fingerprint density at radius 1 is 1.10 bits per heavy atom. The molecule has 0 aliphatic heterocycles. The molecule has 1 saturated carbocycles. The number of pyridine rings is 2. The molecule has 3 aromatic rings. The molecule has 2 N–H and O–H groups in total. The van der Waals surface area contributed by atoms with Gasteiger partial charge in [-0.15, -0.1) is 0 Å². The van der Waals surface area contributed by atoms with Crippen LogP contribution in [-0.4, -0.2) is 43.4 Å². The maximum atomic E-state index is 13.1. The highest BCUT2D eigenvalue weighted by atomic mass is 16.2. The summed E-state index contributed by atoms with van der Waals surface area (Å²) in [5, 5.41) is 6.14. The van der Waals surface area contributed by atoms with E-state index in [1.54, 1.807) is 59.8 Å². The lowest BCUT2D eigenvalue weighted by Crippen LogP contribution is -2.56. The molecule has 31 heavy (non-hydrogen) atoms. The molecule has 0 saturated heterocycles. The van der Waals surface area contributed by atoms with E-state index in [1.807, 2.05) is 6.07 Å². The molecule has 1 fully saturated rings. The van der Waals surface area contributed by atoms with Gasteiger partial charge in [0.2, 0.25) is 0 Å². The summed E-state index contributed by atoms with van der Waals surface area (Å²) in [5.74, 6) is 0.591. The lowest BCUT2D eigenvalue weighted by atomic mass is 9.84. The first kappa shape index (κ1) is 19.2. The van der Waals surface area contributed by atoms with Crippen molar-refractivity contribution in [1.82, 2.24) is 30.2 Å². The van der Waals surface area contributed by atoms with Crippen molar-refractivity contribution < 1.29 is 9.59 Å². The van der Waals surface area contributed by atoms with Crippen LogP contribution in [0.25, 0.3) is 5.82 Å². The molecule has 2 unspecified atom stereocenters. The topological polar surface area (TPSA) is 102 Å². The lowest BCUT2D eigenvalue weighted by molar-refractivity contribution is 0.0848. The quantitative estimate of drug-likeness (QED) is 0.603. The summed E-state index contributed by atoms with van der Waals surface area (Å²) in [6, 6.07) is 10.5. The third-order valence-electron chi connectivity index (χ3n) is 5.84. The normalized spacial score (nSPS) is 21.5. The monoisotopic (exact) mass is 414 g/mol. The first-order valence-electron chi connectivity index (χ1n) is 10.3. The Balaban J connectivity index is 1.33. The average Bonchev–Trinajstić information content (AvgIpc) is 3.35. The number of rotatable bonds is 6. The van der Waals surface area contributed by atoms with Crippen molar-refractivity contribution in [1.29, 1.82) is 0 Å². The number of hydrogen-bond donors (Lipinski definition) is 2. The van der Waals surface area contributed by atoms with Crippen LogP contribution in [0.4, 0.5) is 0 Å². The first-order valence-corrected chi connectivity index (χ1v) is 10.3. The molecule has 3 aromatic heterocycles. The maximum Gasteiger partial charge on any atom is 0.270 e. The van der Waals surface area contributed by atoms with Gasteiger partial charge in [-0.25, -0.2) is 9.97 Å². The fourth-order valence-electron chi connectivity index (χ4n) is 4.08.